The van der Waals surface area contributed by atoms with Crippen molar-refractivity contribution >= 4 is 30.0 Å². The molecule has 3 aliphatic rings. The van der Waals surface area contributed by atoms with E-state index in [-0.39, 0.29) is 11.7 Å². The number of amidine groups is 1. The number of benzene rings is 3. The van der Waals surface area contributed by atoms with Gasteiger partial charge in [0.2, 0.25) is 0 Å². The first-order valence-electron chi connectivity index (χ1n) is 14.1. The van der Waals surface area contributed by atoms with E-state index in [9.17, 15) is 13.2 Å². The van der Waals surface area contributed by atoms with Gasteiger partial charge in [-0.25, -0.2) is 19.1 Å². The number of aromatic nitrogens is 2. The Balaban J connectivity index is 1.62. The Morgan fingerprint density at radius 1 is 0.881 bits per heavy atom. The Morgan fingerprint density at radius 3 is 2.19 bits per heavy atom. The number of hydrogen-bond donors (Lipinski definition) is 0. The minimum Gasteiger partial charge on any atom is -0.379 e. The van der Waals surface area contributed by atoms with E-state index in [2.05, 4.69) is 9.34 Å². The summed E-state index contributed by atoms with van der Waals surface area (Å²) in [6.45, 7) is 3.93. The summed E-state index contributed by atoms with van der Waals surface area (Å²) in [4.78, 5) is 5.29. The fraction of sp³-hybridized carbons (Fsp3) is 0.290. The summed E-state index contributed by atoms with van der Waals surface area (Å²) in [6, 6.07) is 25.4. The number of nitrogens with zero attached hydrogens (tertiary/aromatic N) is 6. The third kappa shape index (κ3) is 4.58. The van der Waals surface area contributed by atoms with Crippen molar-refractivity contribution in [2.45, 2.75) is 32.0 Å². The van der Waals surface area contributed by atoms with E-state index in [1.165, 1.54) is 12.1 Å². The molecule has 42 heavy (non-hydrogen) atoms. The zero-order valence-electron chi connectivity index (χ0n) is 23.1. The number of para-hydroxylation sites is 1. The van der Waals surface area contributed by atoms with Crippen LogP contribution in [-0.2, 0) is 10.9 Å². The molecule has 4 aromatic rings. The van der Waals surface area contributed by atoms with Crippen molar-refractivity contribution in [3.8, 4) is 5.69 Å². The van der Waals surface area contributed by atoms with Gasteiger partial charge in [-0.1, -0.05) is 60.7 Å². The van der Waals surface area contributed by atoms with Crippen LogP contribution in [0.4, 0.5) is 24.7 Å². The number of rotatable bonds is 5. The van der Waals surface area contributed by atoms with Crippen LogP contribution in [0.15, 0.2) is 94.7 Å². The standard InChI is InChI=1S/C31H30F3N6OP/c1-22-28-30(39(36-22)24-12-6-3-7-13-24)35-29(23-10-4-2-5-11-23)40(25-16-17-25)42(28,38-18-20-41-21-19-38)37-27-15-9-8-14-26(27)31(32,33)34/h2-15,25H,16-21H2,1H3. The van der Waals surface area contributed by atoms with Gasteiger partial charge in [-0.15, -0.1) is 0 Å². The van der Waals surface area contributed by atoms with Crippen molar-refractivity contribution in [2.24, 2.45) is 9.74 Å². The molecule has 11 heteroatoms. The van der Waals surface area contributed by atoms with E-state index in [0.29, 0.717) is 37.8 Å². The third-order valence-corrected chi connectivity index (χ3v) is 11.7. The van der Waals surface area contributed by atoms with Crippen molar-refractivity contribution in [2.75, 3.05) is 26.3 Å². The lowest BCUT2D eigenvalue weighted by Gasteiger charge is -2.48. The van der Waals surface area contributed by atoms with Crippen molar-refractivity contribution in [1.82, 2.24) is 19.1 Å². The van der Waals surface area contributed by atoms with Crippen molar-refractivity contribution in [3.05, 3.63) is 102 Å². The average Bonchev–Trinajstić information content (AvgIpc) is 3.79. The topological polar surface area (TPSA) is 58.3 Å². The van der Waals surface area contributed by atoms with Gasteiger partial charge in [0.05, 0.1) is 41.2 Å². The highest BCUT2D eigenvalue weighted by molar-refractivity contribution is 7.70. The van der Waals surface area contributed by atoms with Crippen LogP contribution >= 0.6 is 7.36 Å². The molecule has 1 unspecified atom stereocenters. The highest BCUT2D eigenvalue weighted by Gasteiger charge is 2.52. The summed E-state index contributed by atoms with van der Waals surface area (Å²) in [5.74, 6) is 1.33. The number of hydrogen-bond acceptors (Lipinski definition) is 4. The zero-order chi connectivity index (χ0) is 28.9. The molecule has 0 amide bonds. The van der Waals surface area contributed by atoms with E-state index in [1.54, 1.807) is 6.07 Å². The van der Waals surface area contributed by atoms with E-state index < -0.39 is 19.1 Å². The summed E-state index contributed by atoms with van der Waals surface area (Å²) in [5, 5.41) is 5.78. The highest BCUT2D eigenvalue weighted by Crippen LogP contribution is 2.66. The Morgan fingerprint density at radius 2 is 1.52 bits per heavy atom. The van der Waals surface area contributed by atoms with Crippen LogP contribution in [0.1, 0.15) is 29.7 Å². The molecule has 0 radical (unpaired) electrons. The van der Waals surface area contributed by atoms with Gasteiger partial charge in [0.1, 0.15) is 5.84 Å². The van der Waals surface area contributed by atoms with Crippen LogP contribution in [0.25, 0.3) is 5.69 Å². The Bertz CT molecular complexity index is 1690. The maximum Gasteiger partial charge on any atom is 0.418 e. The molecular formula is C31H30F3N6OP. The molecule has 0 bridgehead atoms. The molecule has 216 valence electrons. The van der Waals surface area contributed by atoms with Crippen LogP contribution in [0, 0.1) is 6.92 Å². The van der Waals surface area contributed by atoms with Gasteiger partial charge < -0.3 is 9.41 Å². The SMILES string of the molecule is Cc1nn(-c2ccccc2)c2c1P(=Nc1ccccc1C(F)(F)F)(N1CCOCC1)N(C1CC1)C(c1ccccc1)=N2. The lowest BCUT2D eigenvalue weighted by Crippen LogP contribution is -2.48. The van der Waals surface area contributed by atoms with Crippen LogP contribution in [-0.4, -0.2) is 57.3 Å². The monoisotopic (exact) mass is 590 g/mol. The molecule has 3 heterocycles. The summed E-state index contributed by atoms with van der Waals surface area (Å²) < 4.78 is 60.8. The van der Waals surface area contributed by atoms with Crippen molar-refractivity contribution < 1.29 is 17.9 Å². The third-order valence-electron chi connectivity index (χ3n) is 7.80. The van der Waals surface area contributed by atoms with Gasteiger partial charge in [0.25, 0.3) is 0 Å². The van der Waals surface area contributed by atoms with Gasteiger partial charge in [-0.05, 0) is 44.0 Å². The van der Waals surface area contributed by atoms with Crippen LogP contribution in [0.3, 0.4) is 0 Å². The molecule has 1 aliphatic carbocycles. The van der Waals surface area contributed by atoms with Crippen LogP contribution in [0.5, 0.6) is 0 Å². The summed E-state index contributed by atoms with van der Waals surface area (Å²) in [7, 11) is -3.14. The van der Waals surface area contributed by atoms with Gasteiger partial charge >= 0.3 is 6.18 Å². The lowest BCUT2D eigenvalue weighted by atomic mass is 10.2. The molecule has 2 fully saturated rings. The Kier molecular flexibility index (Phi) is 6.80. The number of fused-ring (bicyclic) bond motifs is 1. The predicted molar refractivity (Wildman–Crippen MR) is 158 cm³/mol. The molecule has 1 aromatic heterocycles. The number of aliphatic imine (C=N–C) groups is 1. The molecule has 0 N–H and O–H groups in total. The second kappa shape index (κ2) is 10.5. The molecular weight excluding hydrogens is 560 g/mol. The molecule has 7 rings (SSSR count). The van der Waals surface area contributed by atoms with E-state index >= 15 is 0 Å². The smallest absolute Gasteiger partial charge is 0.379 e. The largest absolute Gasteiger partial charge is 0.418 e. The van der Waals surface area contributed by atoms with E-state index in [4.69, 9.17) is 19.6 Å². The predicted octanol–water partition coefficient (Wildman–Crippen LogP) is 7.08. The highest BCUT2D eigenvalue weighted by atomic mass is 31.2. The number of morpholine rings is 1. The second-order valence-electron chi connectivity index (χ2n) is 10.6. The fourth-order valence-electron chi connectivity index (χ4n) is 5.83. The quantitative estimate of drug-likeness (QED) is 0.233. The van der Waals surface area contributed by atoms with E-state index in [0.717, 1.165) is 41.3 Å². The molecule has 3 aromatic carbocycles. The molecule has 1 atom stereocenters. The minimum absolute atomic E-state index is 0.0670. The first kappa shape index (κ1) is 27.1. The van der Waals surface area contributed by atoms with E-state index in [1.807, 2.05) is 72.3 Å². The Hall–Kier alpha value is -3.72. The molecule has 7 nitrogen and oxygen atoms in total. The number of ether oxygens (including phenoxy) is 1. The summed E-state index contributed by atoms with van der Waals surface area (Å²) >= 11 is 0. The summed E-state index contributed by atoms with van der Waals surface area (Å²) in [5.41, 5.74) is 1.62. The molecule has 1 saturated carbocycles. The maximum atomic E-state index is 14.4. The number of halogens is 3. The van der Waals surface area contributed by atoms with Gasteiger partial charge in [0.15, 0.2) is 13.2 Å². The first-order valence-corrected chi connectivity index (χ1v) is 15.7. The number of alkyl halides is 3. The molecule has 0 spiro atoms. The molecule has 1 saturated heterocycles. The first-order chi connectivity index (χ1) is 20.4. The van der Waals surface area contributed by atoms with Crippen LogP contribution in [0.2, 0.25) is 0 Å². The average molecular weight is 591 g/mol. The van der Waals surface area contributed by atoms with Crippen molar-refractivity contribution in [1.29, 1.82) is 0 Å². The number of aryl methyl sites for hydroxylation is 1. The second-order valence-corrected chi connectivity index (χ2v) is 13.4. The van der Waals surface area contributed by atoms with Gasteiger partial charge in [-0.2, -0.15) is 18.3 Å². The van der Waals surface area contributed by atoms with Gasteiger partial charge in [-0.3, -0.25) is 0 Å². The summed E-state index contributed by atoms with van der Waals surface area (Å²) in [6.07, 6.45) is -2.73. The lowest BCUT2D eigenvalue weighted by molar-refractivity contribution is -0.137. The Labute approximate surface area is 242 Å². The van der Waals surface area contributed by atoms with Crippen molar-refractivity contribution in [3.63, 3.8) is 0 Å². The zero-order valence-corrected chi connectivity index (χ0v) is 24.0. The van der Waals surface area contributed by atoms with Crippen LogP contribution < -0.4 is 5.30 Å². The molecule has 2 aliphatic heterocycles. The maximum absolute atomic E-state index is 14.4. The van der Waals surface area contributed by atoms with Gasteiger partial charge in [0, 0.05) is 24.7 Å². The minimum atomic E-state index is -4.56. The normalized spacial score (nSPS) is 21.1. The fourth-order valence-corrected chi connectivity index (χ4v) is 10.1.